The second-order valence-electron chi connectivity index (χ2n) is 8.04. The van der Waals surface area contributed by atoms with Crippen LogP contribution in [-0.2, 0) is 61.6 Å². The number of carbonyl (C=O) groups is 2. The molecule has 1 fully saturated rings. The third kappa shape index (κ3) is 25.3. The Morgan fingerprint density at radius 3 is 1.30 bits per heavy atom. The maximum atomic E-state index is 11.5. The SMILES string of the molecule is COCCOCCOCCOCCOCCOCCOCCOCCOCCOCC(=O)OC[C@@H]1CNC(=O)O1. The number of alkyl carbamates (subject to hydrolysis) is 1. The zero-order valence-electron chi connectivity index (χ0n) is 23.6. The summed E-state index contributed by atoms with van der Waals surface area (Å²) in [6.07, 6.45) is -0.969. The summed E-state index contributed by atoms with van der Waals surface area (Å²) in [4.78, 5) is 22.4. The summed E-state index contributed by atoms with van der Waals surface area (Å²) in [6, 6.07) is 0. The molecular formula is C25H47NO14. The van der Waals surface area contributed by atoms with Gasteiger partial charge in [-0.05, 0) is 0 Å². The zero-order valence-corrected chi connectivity index (χ0v) is 23.6. The Bertz CT molecular complexity index is 586. The summed E-state index contributed by atoms with van der Waals surface area (Å²) in [5.41, 5.74) is 0. The van der Waals surface area contributed by atoms with Crippen LogP contribution in [0.2, 0.25) is 0 Å². The average molecular weight is 586 g/mol. The average Bonchev–Trinajstić information content (AvgIpc) is 3.38. The molecule has 15 heteroatoms. The van der Waals surface area contributed by atoms with Gasteiger partial charge in [-0.3, -0.25) is 0 Å². The van der Waals surface area contributed by atoms with E-state index in [-0.39, 0.29) is 19.8 Å². The van der Waals surface area contributed by atoms with Crippen molar-refractivity contribution in [3.63, 3.8) is 0 Å². The van der Waals surface area contributed by atoms with E-state index in [1.54, 1.807) is 7.11 Å². The number of carbonyl (C=O) groups excluding carboxylic acids is 2. The first-order chi connectivity index (χ1) is 19.7. The Morgan fingerprint density at radius 1 is 0.625 bits per heavy atom. The van der Waals surface area contributed by atoms with Gasteiger partial charge in [-0.25, -0.2) is 9.59 Å². The lowest BCUT2D eigenvalue weighted by molar-refractivity contribution is -0.151. The lowest BCUT2D eigenvalue weighted by atomic mass is 10.4. The van der Waals surface area contributed by atoms with Crippen molar-refractivity contribution in [3.05, 3.63) is 0 Å². The van der Waals surface area contributed by atoms with Gasteiger partial charge in [-0.15, -0.1) is 0 Å². The number of rotatable bonds is 31. The standard InChI is InChI=1S/C25H47NO14/c1-29-2-3-30-4-5-31-6-7-32-8-9-33-10-11-34-12-13-35-14-15-36-16-17-37-18-19-38-22-24(27)39-21-23-20-26-25(28)40-23/h23H,2-22H2,1H3,(H,26,28)/t23-/m0/s1. The fourth-order valence-corrected chi connectivity index (χ4v) is 2.81. The Morgan fingerprint density at radius 2 is 0.975 bits per heavy atom. The molecule has 1 atom stereocenters. The molecule has 0 aromatic carbocycles. The summed E-state index contributed by atoms with van der Waals surface area (Å²) >= 11 is 0. The zero-order chi connectivity index (χ0) is 28.8. The van der Waals surface area contributed by atoms with Crippen LogP contribution in [0.5, 0.6) is 0 Å². The van der Waals surface area contributed by atoms with Crippen LogP contribution >= 0.6 is 0 Å². The number of nitrogens with one attached hydrogen (secondary N) is 1. The number of amides is 1. The molecule has 0 radical (unpaired) electrons. The second kappa shape index (κ2) is 28.9. The molecule has 1 amide bonds. The van der Waals surface area contributed by atoms with E-state index in [0.717, 1.165) is 0 Å². The van der Waals surface area contributed by atoms with E-state index < -0.39 is 18.2 Å². The van der Waals surface area contributed by atoms with Gasteiger partial charge in [0.25, 0.3) is 0 Å². The second-order valence-corrected chi connectivity index (χ2v) is 8.04. The molecule has 1 heterocycles. The molecule has 40 heavy (non-hydrogen) atoms. The highest BCUT2D eigenvalue weighted by Crippen LogP contribution is 2.00. The highest BCUT2D eigenvalue weighted by Gasteiger charge is 2.23. The van der Waals surface area contributed by atoms with Gasteiger partial charge in [-0.2, -0.15) is 0 Å². The molecular weight excluding hydrogens is 538 g/mol. The van der Waals surface area contributed by atoms with Crippen LogP contribution in [0.25, 0.3) is 0 Å². The number of cyclic esters (lactones) is 1. The van der Waals surface area contributed by atoms with E-state index in [9.17, 15) is 9.59 Å². The van der Waals surface area contributed by atoms with Crippen molar-refractivity contribution in [1.29, 1.82) is 0 Å². The third-order valence-electron chi connectivity index (χ3n) is 4.81. The first-order valence-corrected chi connectivity index (χ1v) is 13.5. The minimum absolute atomic E-state index is 0.00283. The van der Waals surface area contributed by atoms with Gasteiger partial charge in [-0.1, -0.05) is 0 Å². The van der Waals surface area contributed by atoms with Crippen LogP contribution in [0.3, 0.4) is 0 Å². The molecule has 0 bridgehead atoms. The fraction of sp³-hybridized carbons (Fsp3) is 0.920. The van der Waals surface area contributed by atoms with Crippen molar-refractivity contribution in [1.82, 2.24) is 5.32 Å². The third-order valence-corrected chi connectivity index (χ3v) is 4.81. The lowest BCUT2D eigenvalue weighted by Crippen LogP contribution is -2.24. The molecule has 0 unspecified atom stereocenters. The minimum Gasteiger partial charge on any atom is -0.460 e. The number of ether oxygens (including phenoxy) is 12. The van der Waals surface area contributed by atoms with Crippen molar-refractivity contribution in [3.8, 4) is 0 Å². The van der Waals surface area contributed by atoms with E-state index in [2.05, 4.69) is 5.32 Å². The van der Waals surface area contributed by atoms with Crippen LogP contribution in [0.1, 0.15) is 0 Å². The molecule has 1 rings (SSSR count). The molecule has 1 N–H and O–H groups in total. The van der Waals surface area contributed by atoms with Crippen molar-refractivity contribution in [2.24, 2.45) is 0 Å². The Kier molecular flexibility index (Phi) is 26.2. The summed E-state index contributed by atoms with van der Waals surface area (Å²) in [5.74, 6) is -0.527. The maximum Gasteiger partial charge on any atom is 0.407 e. The van der Waals surface area contributed by atoms with Crippen molar-refractivity contribution >= 4 is 12.1 Å². The van der Waals surface area contributed by atoms with Crippen LogP contribution in [0, 0.1) is 0 Å². The van der Waals surface area contributed by atoms with Crippen molar-refractivity contribution in [2.75, 3.05) is 146 Å². The molecule has 0 aromatic heterocycles. The topological polar surface area (TPSA) is 157 Å². The molecule has 15 nitrogen and oxygen atoms in total. The quantitative estimate of drug-likeness (QED) is 0.0815. The lowest BCUT2D eigenvalue weighted by Gasteiger charge is -2.09. The molecule has 1 saturated heterocycles. The smallest absolute Gasteiger partial charge is 0.407 e. The van der Waals surface area contributed by atoms with Gasteiger partial charge in [0.1, 0.15) is 13.2 Å². The summed E-state index contributed by atoms with van der Waals surface area (Å²) < 4.78 is 63.0. The van der Waals surface area contributed by atoms with Gasteiger partial charge >= 0.3 is 12.1 Å². The maximum absolute atomic E-state index is 11.5. The predicted octanol–water partition coefficient (Wildman–Crippen LogP) is -0.566. The normalized spacial score (nSPS) is 14.8. The number of esters is 1. The van der Waals surface area contributed by atoms with E-state index in [4.69, 9.17) is 56.8 Å². The summed E-state index contributed by atoms with van der Waals surface area (Å²) in [6.45, 7) is 8.68. The highest BCUT2D eigenvalue weighted by atomic mass is 16.6. The first kappa shape index (κ1) is 36.4. The molecule has 0 saturated carbocycles. The molecule has 0 aliphatic carbocycles. The monoisotopic (exact) mass is 585 g/mol. The summed E-state index contributed by atoms with van der Waals surface area (Å²) in [7, 11) is 1.64. The molecule has 236 valence electrons. The van der Waals surface area contributed by atoms with E-state index in [1.807, 2.05) is 0 Å². The fourth-order valence-electron chi connectivity index (χ4n) is 2.81. The van der Waals surface area contributed by atoms with Gasteiger partial charge < -0.3 is 62.2 Å². The van der Waals surface area contributed by atoms with Gasteiger partial charge in [0, 0.05) is 7.11 Å². The van der Waals surface area contributed by atoms with E-state index in [1.165, 1.54) is 0 Å². The molecule has 0 aromatic rings. The number of methoxy groups -OCH3 is 1. The Labute approximate surface area is 236 Å². The van der Waals surface area contributed by atoms with Gasteiger partial charge in [0.15, 0.2) is 6.10 Å². The van der Waals surface area contributed by atoms with Crippen LogP contribution in [-0.4, -0.2) is 164 Å². The van der Waals surface area contributed by atoms with Crippen molar-refractivity contribution < 1.29 is 66.4 Å². The van der Waals surface area contributed by atoms with Crippen LogP contribution in [0.15, 0.2) is 0 Å². The van der Waals surface area contributed by atoms with Gasteiger partial charge in [0.05, 0.1) is 125 Å². The minimum atomic E-state index is -0.527. The molecule has 1 aliphatic heterocycles. The number of hydrogen-bond donors (Lipinski definition) is 1. The number of hydrogen-bond acceptors (Lipinski definition) is 14. The molecule has 1 aliphatic rings. The highest BCUT2D eigenvalue weighted by molar-refractivity contribution is 5.71. The van der Waals surface area contributed by atoms with Crippen LogP contribution < -0.4 is 5.32 Å². The first-order valence-electron chi connectivity index (χ1n) is 13.5. The largest absolute Gasteiger partial charge is 0.460 e. The predicted molar refractivity (Wildman–Crippen MR) is 138 cm³/mol. The van der Waals surface area contributed by atoms with E-state index in [0.29, 0.717) is 119 Å². The van der Waals surface area contributed by atoms with Crippen LogP contribution in [0.4, 0.5) is 4.79 Å². The van der Waals surface area contributed by atoms with Gasteiger partial charge in [0.2, 0.25) is 0 Å². The Hall–Kier alpha value is -1.66. The molecule has 0 spiro atoms. The van der Waals surface area contributed by atoms with Crippen molar-refractivity contribution in [2.45, 2.75) is 6.10 Å². The van der Waals surface area contributed by atoms with E-state index >= 15 is 0 Å². The summed E-state index contributed by atoms with van der Waals surface area (Å²) in [5, 5.41) is 2.47. The Balaban J connectivity index is 1.65.